The molecule has 0 aromatic heterocycles. The van der Waals surface area contributed by atoms with Gasteiger partial charge in [0.2, 0.25) is 0 Å². The minimum Gasteiger partial charge on any atom is -0.460 e. The lowest BCUT2D eigenvalue weighted by molar-refractivity contribution is -0.161. The Morgan fingerprint density at radius 3 is 2.53 bits per heavy atom. The molecule has 0 aromatic rings. The highest BCUT2D eigenvalue weighted by Crippen LogP contribution is 2.28. The Morgan fingerprint density at radius 1 is 1.47 bits per heavy atom. The molecule has 0 N–H and O–H groups in total. The second-order valence-electron chi connectivity index (χ2n) is 4.94. The number of esters is 1. The number of Topliss-reactive ketones (excluding diaryl/α,β-unsaturated/α-hetero) is 1. The van der Waals surface area contributed by atoms with Crippen molar-refractivity contribution in [3.05, 3.63) is 0 Å². The van der Waals surface area contributed by atoms with E-state index in [1.54, 1.807) is 0 Å². The smallest absolute Gasteiger partial charge is 0.309 e. The maximum atomic E-state index is 11.7. The molecule has 4 heteroatoms. The van der Waals surface area contributed by atoms with Crippen LogP contribution in [0.5, 0.6) is 0 Å². The molecule has 0 amide bonds. The number of halogens is 1. The normalized spacial score (nSPS) is 27.6. The number of hydrogen-bond donors (Lipinski definition) is 0. The van der Waals surface area contributed by atoms with Gasteiger partial charge in [-0.05, 0) is 33.6 Å². The molecule has 0 radical (unpaired) electrons. The number of rotatable bonds is 1. The summed E-state index contributed by atoms with van der Waals surface area (Å²) in [5.41, 5.74) is -0.444. The summed E-state index contributed by atoms with van der Waals surface area (Å²) in [6.45, 7) is 5.56. The molecule has 86 valence electrons. The lowest BCUT2D eigenvalue weighted by atomic mass is 9.88. The van der Waals surface area contributed by atoms with E-state index < -0.39 is 5.60 Å². The van der Waals surface area contributed by atoms with Crippen LogP contribution in [0, 0.1) is 5.92 Å². The van der Waals surface area contributed by atoms with Crippen LogP contribution >= 0.6 is 15.9 Å². The van der Waals surface area contributed by atoms with Crippen molar-refractivity contribution >= 4 is 27.7 Å². The van der Waals surface area contributed by atoms with Crippen LogP contribution in [-0.4, -0.2) is 22.2 Å². The third-order valence-corrected chi connectivity index (χ3v) is 3.20. The number of alkyl halides is 1. The molecular weight excluding hydrogens is 260 g/mol. The van der Waals surface area contributed by atoms with Crippen LogP contribution in [-0.2, 0) is 14.3 Å². The first-order valence-corrected chi connectivity index (χ1v) is 6.11. The number of carbonyl (C=O) groups is 2. The van der Waals surface area contributed by atoms with Crippen molar-refractivity contribution in [2.45, 2.75) is 50.5 Å². The van der Waals surface area contributed by atoms with E-state index in [2.05, 4.69) is 15.9 Å². The summed E-state index contributed by atoms with van der Waals surface area (Å²) in [5.74, 6) is -0.124. The van der Waals surface area contributed by atoms with Gasteiger partial charge in [0.1, 0.15) is 11.4 Å². The zero-order valence-corrected chi connectivity index (χ0v) is 11.0. The van der Waals surface area contributed by atoms with Gasteiger partial charge in [-0.15, -0.1) is 0 Å². The van der Waals surface area contributed by atoms with E-state index >= 15 is 0 Å². The third kappa shape index (κ3) is 3.93. The number of ketones is 1. The average Bonchev–Trinajstić information content (AvgIpc) is 2.06. The Hall–Kier alpha value is -0.380. The van der Waals surface area contributed by atoms with Gasteiger partial charge in [-0.3, -0.25) is 9.59 Å². The molecule has 0 saturated heterocycles. The molecule has 1 aliphatic rings. The molecule has 3 nitrogen and oxygen atoms in total. The van der Waals surface area contributed by atoms with Crippen molar-refractivity contribution < 1.29 is 14.3 Å². The Morgan fingerprint density at radius 2 is 2.07 bits per heavy atom. The van der Waals surface area contributed by atoms with E-state index in [4.69, 9.17) is 4.74 Å². The van der Waals surface area contributed by atoms with Gasteiger partial charge >= 0.3 is 5.97 Å². The molecule has 15 heavy (non-hydrogen) atoms. The summed E-state index contributed by atoms with van der Waals surface area (Å²) in [6.07, 6.45) is 1.66. The molecule has 1 saturated carbocycles. The topological polar surface area (TPSA) is 43.4 Å². The quantitative estimate of drug-likeness (QED) is 0.546. The second kappa shape index (κ2) is 4.64. The fourth-order valence-corrected chi connectivity index (χ4v) is 2.25. The van der Waals surface area contributed by atoms with Crippen LogP contribution in [0.2, 0.25) is 0 Å². The van der Waals surface area contributed by atoms with Crippen molar-refractivity contribution in [2.75, 3.05) is 0 Å². The predicted molar refractivity (Wildman–Crippen MR) is 60.9 cm³/mol. The Labute approximate surface area is 98.7 Å². The maximum absolute atomic E-state index is 11.7. The molecule has 0 aromatic carbocycles. The summed E-state index contributed by atoms with van der Waals surface area (Å²) in [7, 11) is 0. The Balaban J connectivity index is 2.51. The SMILES string of the molecule is CC(C)(C)OC(=O)C1CCC(=O)C(Br)C1. The van der Waals surface area contributed by atoms with E-state index in [1.165, 1.54) is 0 Å². The van der Waals surface area contributed by atoms with Crippen molar-refractivity contribution in [3.8, 4) is 0 Å². The van der Waals surface area contributed by atoms with Crippen LogP contribution in [0.25, 0.3) is 0 Å². The lowest BCUT2D eigenvalue weighted by Gasteiger charge is -2.27. The Kier molecular flexibility index (Phi) is 3.93. The van der Waals surface area contributed by atoms with Crippen molar-refractivity contribution in [1.29, 1.82) is 0 Å². The number of carbonyl (C=O) groups excluding carboxylic acids is 2. The van der Waals surface area contributed by atoms with Crippen molar-refractivity contribution in [2.24, 2.45) is 5.92 Å². The zero-order valence-electron chi connectivity index (χ0n) is 9.38. The van der Waals surface area contributed by atoms with Crippen LogP contribution < -0.4 is 0 Å². The molecule has 1 aliphatic carbocycles. The fourth-order valence-electron chi connectivity index (χ4n) is 1.57. The van der Waals surface area contributed by atoms with Crippen molar-refractivity contribution in [1.82, 2.24) is 0 Å². The fraction of sp³-hybridized carbons (Fsp3) is 0.818. The zero-order chi connectivity index (χ0) is 11.6. The van der Waals surface area contributed by atoms with Gasteiger partial charge in [0.05, 0.1) is 10.7 Å². The van der Waals surface area contributed by atoms with Crippen LogP contribution in [0.15, 0.2) is 0 Å². The van der Waals surface area contributed by atoms with Gasteiger partial charge in [-0.1, -0.05) is 15.9 Å². The molecule has 0 heterocycles. The standard InChI is InChI=1S/C11H17BrO3/c1-11(2,3)15-10(14)7-4-5-9(13)8(12)6-7/h7-8H,4-6H2,1-3H3. The second-order valence-corrected chi connectivity index (χ2v) is 6.04. The van der Waals surface area contributed by atoms with Gasteiger partial charge in [-0.25, -0.2) is 0 Å². The first kappa shape index (κ1) is 12.7. The van der Waals surface area contributed by atoms with Gasteiger partial charge in [0.15, 0.2) is 0 Å². The molecule has 0 bridgehead atoms. The molecule has 0 spiro atoms. The van der Waals surface area contributed by atoms with E-state index in [-0.39, 0.29) is 22.5 Å². The average molecular weight is 277 g/mol. The third-order valence-electron chi connectivity index (χ3n) is 2.32. The monoisotopic (exact) mass is 276 g/mol. The lowest BCUT2D eigenvalue weighted by Crippen LogP contribution is -2.34. The van der Waals surface area contributed by atoms with Gasteiger partial charge in [0, 0.05) is 6.42 Å². The molecule has 2 unspecified atom stereocenters. The highest BCUT2D eigenvalue weighted by Gasteiger charge is 2.33. The Bertz CT molecular complexity index is 267. The van der Waals surface area contributed by atoms with Crippen LogP contribution in [0.4, 0.5) is 0 Å². The van der Waals surface area contributed by atoms with E-state index in [9.17, 15) is 9.59 Å². The van der Waals surface area contributed by atoms with Gasteiger partial charge < -0.3 is 4.74 Å². The first-order valence-electron chi connectivity index (χ1n) is 5.19. The molecule has 1 fully saturated rings. The van der Waals surface area contributed by atoms with Crippen LogP contribution in [0.3, 0.4) is 0 Å². The van der Waals surface area contributed by atoms with E-state index in [0.29, 0.717) is 19.3 Å². The highest BCUT2D eigenvalue weighted by atomic mass is 79.9. The summed E-state index contributed by atoms with van der Waals surface area (Å²) < 4.78 is 5.29. The number of ether oxygens (including phenoxy) is 1. The maximum Gasteiger partial charge on any atom is 0.309 e. The van der Waals surface area contributed by atoms with E-state index in [1.807, 2.05) is 20.8 Å². The van der Waals surface area contributed by atoms with Gasteiger partial charge in [-0.2, -0.15) is 0 Å². The minimum atomic E-state index is -0.444. The molecule has 1 rings (SSSR count). The van der Waals surface area contributed by atoms with Crippen LogP contribution in [0.1, 0.15) is 40.0 Å². The summed E-state index contributed by atoms with van der Waals surface area (Å²) in [4.78, 5) is 22.8. The largest absolute Gasteiger partial charge is 0.460 e. The summed E-state index contributed by atoms with van der Waals surface area (Å²) in [5, 5.41) is 0. The van der Waals surface area contributed by atoms with Crippen molar-refractivity contribution in [3.63, 3.8) is 0 Å². The summed E-state index contributed by atoms with van der Waals surface area (Å²) >= 11 is 3.28. The predicted octanol–water partition coefficient (Wildman–Crippen LogP) is 2.46. The minimum absolute atomic E-state index is 0.133. The van der Waals surface area contributed by atoms with E-state index in [0.717, 1.165) is 0 Å². The molecule has 2 atom stereocenters. The van der Waals surface area contributed by atoms with Gasteiger partial charge in [0.25, 0.3) is 0 Å². The molecular formula is C11H17BrO3. The first-order chi connectivity index (χ1) is 6.79. The highest BCUT2D eigenvalue weighted by molar-refractivity contribution is 9.10. The molecule has 0 aliphatic heterocycles. The summed E-state index contributed by atoms with van der Waals surface area (Å²) in [6, 6.07) is 0. The number of hydrogen-bond acceptors (Lipinski definition) is 3.